The lowest BCUT2D eigenvalue weighted by Gasteiger charge is -2.27. The van der Waals surface area contributed by atoms with Crippen molar-refractivity contribution in [2.45, 2.75) is 0 Å². The number of nitrogens with one attached hydrogen (secondary N) is 2. The summed E-state index contributed by atoms with van der Waals surface area (Å²) in [7, 11) is 1.61. The number of methoxy groups -OCH3 is 1. The van der Waals surface area contributed by atoms with Crippen molar-refractivity contribution < 1.29 is 9.47 Å². The van der Waals surface area contributed by atoms with Gasteiger partial charge >= 0.3 is 0 Å². The zero-order valence-corrected chi connectivity index (χ0v) is 22.3. The third-order valence-electron chi connectivity index (χ3n) is 4.61. The normalized spacial score (nSPS) is 13.9. The first-order valence-electron chi connectivity index (χ1n) is 9.95. The number of morpholine rings is 1. The van der Waals surface area contributed by atoms with E-state index in [0.717, 1.165) is 24.7 Å². The minimum atomic E-state index is 0.313. The Labute approximate surface area is 216 Å². The molecule has 2 heterocycles. The van der Waals surface area contributed by atoms with Gasteiger partial charge in [0.05, 0.1) is 31.0 Å². The third kappa shape index (κ3) is 6.40. The van der Waals surface area contributed by atoms with E-state index < -0.39 is 0 Å². The van der Waals surface area contributed by atoms with E-state index >= 15 is 0 Å². The Kier molecular flexibility index (Phi) is 8.12. The van der Waals surface area contributed by atoms with Crippen LogP contribution in [-0.4, -0.2) is 54.6 Å². The van der Waals surface area contributed by atoms with Crippen LogP contribution in [0, 0.1) is 0 Å². The van der Waals surface area contributed by atoms with Crippen molar-refractivity contribution in [3.8, 4) is 5.75 Å². The summed E-state index contributed by atoms with van der Waals surface area (Å²) in [6.07, 6.45) is 1.65. The molecule has 2 aromatic carbocycles. The van der Waals surface area contributed by atoms with Crippen molar-refractivity contribution in [3.63, 3.8) is 0 Å². The van der Waals surface area contributed by atoms with Gasteiger partial charge in [-0.15, -0.1) is 0 Å². The maximum absolute atomic E-state index is 5.47. The quantitative estimate of drug-likeness (QED) is 0.269. The molecule has 0 atom stereocenters. The van der Waals surface area contributed by atoms with Crippen molar-refractivity contribution in [2.24, 2.45) is 5.10 Å². The first kappa shape index (κ1) is 23.9. The van der Waals surface area contributed by atoms with E-state index in [-0.39, 0.29) is 0 Å². The minimum Gasteiger partial charge on any atom is -0.495 e. The Hall–Kier alpha value is -2.28. The fourth-order valence-corrected chi connectivity index (χ4v) is 4.94. The number of hydrazone groups is 1. The van der Waals surface area contributed by atoms with Crippen LogP contribution in [0.3, 0.4) is 0 Å². The van der Waals surface area contributed by atoms with Crippen molar-refractivity contribution in [2.75, 3.05) is 49.1 Å². The molecule has 0 bridgehead atoms. The summed E-state index contributed by atoms with van der Waals surface area (Å²) in [5.74, 6) is 1.94. The van der Waals surface area contributed by atoms with E-state index in [2.05, 4.69) is 83.5 Å². The van der Waals surface area contributed by atoms with Gasteiger partial charge in [-0.2, -0.15) is 20.1 Å². The molecule has 0 saturated carbocycles. The largest absolute Gasteiger partial charge is 0.495 e. The lowest BCUT2D eigenvalue weighted by molar-refractivity contribution is 0.122. The highest BCUT2D eigenvalue weighted by Gasteiger charge is 2.17. The molecule has 1 fully saturated rings. The minimum absolute atomic E-state index is 0.313. The summed E-state index contributed by atoms with van der Waals surface area (Å²) in [4.78, 5) is 15.7. The molecule has 2 N–H and O–H groups in total. The van der Waals surface area contributed by atoms with Gasteiger partial charge in [0, 0.05) is 33.3 Å². The SMILES string of the molecule is COc1c(Br)cc(Br)cc1/C=N/Nc1nc(Nc2cccc(Br)c2)nc(N2CCOCC2)n1. The summed E-state index contributed by atoms with van der Waals surface area (Å²) in [5.41, 5.74) is 4.54. The molecule has 4 rings (SSSR count). The van der Waals surface area contributed by atoms with Crippen LogP contribution in [0.5, 0.6) is 5.75 Å². The number of ether oxygens (including phenoxy) is 2. The standard InChI is InChI=1S/C21H20Br3N7O2/c1-32-18-13(9-15(23)11-17(18)24)12-25-30-20-27-19(26-16-4-2-3-14(22)10-16)28-21(29-20)31-5-7-33-8-6-31/h2-4,9-12H,5-8H2,1H3,(H2,26,27,28,29,30)/b25-12+. The molecule has 0 radical (unpaired) electrons. The fourth-order valence-electron chi connectivity index (χ4n) is 3.12. The number of nitrogens with zero attached hydrogens (tertiary/aromatic N) is 5. The Bertz CT molecular complexity index is 1160. The van der Waals surface area contributed by atoms with Crippen LogP contribution < -0.4 is 20.4 Å². The van der Waals surface area contributed by atoms with Gasteiger partial charge in [-0.3, -0.25) is 0 Å². The maximum atomic E-state index is 5.47. The van der Waals surface area contributed by atoms with Crippen LogP contribution in [0.15, 0.2) is 54.9 Å². The van der Waals surface area contributed by atoms with Crippen LogP contribution in [0.1, 0.15) is 5.56 Å². The smallest absolute Gasteiger partial charge is 0.250 e. The number of halogens is 3. The van der Waals surface area contributed by atoms with Gasteiger partial charge in [0.25, 0.3) is 0 Å². The average Bonchev–Trinajstić information content (AvgIpc) is 2.79. The molecule has 172 valence electrons. The van der Waals surface area contributed by atoms with E-state index in [4.69, 9.17) is 9.47 Å². The highest BCUT2D eigenvalue weighted by Crippen LogP contribution is 2.31. The van der Waals surface area contributed by atoms with Crippen LogP contribution in [0.2, 0.25) is 0 Å². The number of anilines is 4. The molecular weight excluding hydrogens is 622 g/mol. The second kappa shape index (κ2) is 11.2. The molecule has 1 saturated heterocycles. The molecule has 9 nitrogen and oxygen atoms in total. The van der Waals surface area contributed by atoms with Crippen molar-refractivity contribution in [3.05, 3.63) is 55.4 Å². The predicted octanol–water partition coefficient (Wildman–Crippen LogP) is 5.19. The number of benzene rings is 2. The monoisotopic (exact) mass is 639 g/mol. The van der Waals surface area contributed by atoms with E-state index in [1.807, 2.05) is 36.4 Å². The van der Waals surface area contributed by atoms with E-state index in [1.165, 1.54) is 0 Å². The zero-order chi connectivity index (χ0) is 23.2. The summed E-state index contributed by atoms with van der Waals surface area (Å²) in [5, 5.41) is 7.55. The first-order valence-corrected chi connectivity index (χ1v) is 12.3. The van der Waals surface area contributed by atoms with E-state index in [1.54, 1.807) is 13.3 Å². The molecular formula is C21H20Br3N7O2. The van der Waals surface area contributed by atoms with Gasteiger partial charge in [0.1, 0.15) is 5.75 Å². The lowest BCUT2D eigenvalue weighted by atomic mass is 10.2. The topological polar surface area (TPSA) is 96.8 Å². The molecule has 1 aliphatic rings. The molecule has 0 aliphatic carbocycles. The summed E-state index contributed by atoms with van der Waals surface area (Å²) >= 11 is 10.5. The third-order valence-corrected chi connectivity index (χ3v) is 6.15. The van der Waals surface area contributed by atoms with Crippen LogP contribution in [0.4, 0.5) is 23.5 Å². The molecule has 1 aromatic heterocycles. The first-order chi connectivity index (χ1) is 16.0. The van der Waals surface area contributed by atoms with Crippen molar-refractivity contribution >= 4 is 77.5 Å². The Balaban J connectivity index is 1.60. The number of rotatable bonds is 7. The van der Waals surface area contributed by atoms with Gasteiger partial charge < -0.3 is 19.7 Å². The van der Waals surface area contributed by atoms with Crippen LogP contribution >= 0.6 is 47.8 Å². The lowest BCUT2D eigenvalue weighted by Crippen LogP contribution is -2.37. The molecule has 0 amide bonds. The van der Waals surface area contributed by atoms with Gasteiger partial charge in [-0.25, -0.2) is 5.43 Å². The fraction of sp³-hybridized carbons (Fsp3) is 0.238. The van der Waals surface area contributed by atoms with Gasteiger partial charge in [0.15, 0.2) is 0 Å². The molecule has 3 aromatic rings. The summed E-state index contributed by atoms with van der Waals surface area (Å²) in [6.45, 7) is 2.65. The Morgan fingerprint density at radius 2 is 1.82 bits per heavy atom. The molecule has 33 heavy (non-hydrogen) atoms. The van der Waals surface area contributed by atoms with Crippen molar-refractivity contribution in [1.82, 2.24) is 15.0 Å². The molecule has 1 aliphatic heterocycles. The van der Waals surface area contributed by atoms with Crippen LogP contribution in [-0.2, 0) is 4.74 Å². The number of aromatic nitrogens is 3. The van der Waals surface area contributed by atoms with Gasteiger partial charge in [-0.05, 0) is 46.3 Å². The highest BCUT2D eigenvalue weighted by molar-refractivity contribution is 9.11. The number of hydrogen-bond acceptors (Lipinski definition) is 9. The number of hydrogen-bond donors (Lipinski definition) is 2. The van der Waals surface area contributed by atoms with Gasteiger partial charge in [0.2, 0.25) is 17.8 Å². The highest BCUT2D eigenvalue weighted by atomic mass is 79.9. The molecule has 0 spiro atoms. The average molecular weight is 642 g/mol. The predicted molar refractivity (Wildman–Crippen MR) is 140 cm³/mol. The van der Waals surface area contributed by atoms with E-state index in [9.17, 15) is 0 Å². The van der Waals surface area contributed by atoms with Gasteiger partial charge in [-0.1, -0.05) is 37.9 Å². The maximum Gasteiger partial charge on any atom is 0.250 e. The molecule has 12 heteroatoms. The Morgan fingerprint density at radius 3 is 2.58 bits per heavy atom. The second-order valence-electron chi connectivity index (χ2n) is 6.90. The second-order valence-corrected chi connectivity index (χ2v) is 9.58. The summed E-state index contributed by atoms with van der Waals surface area (Å²) in [6, 6.07) is 11.6. The summed E-state index contributed by atoms with van der Waals surface area (Å²) < 4.78 is 13.6. The zero-order valence-electron chi connectivity index (χ0n) is 17.6. The molecule has 0 unspecified atom stereocenters. The van der Waals surface area contributed by atoms with Crippen molar-refractivity contribution in [1.29, 1.82) is 0 Å². The Morgan fingerprint density at radius 1 is 1.03 bits per heavy atom. The van der Waals surface area contributed by atoms with Crippen LogP contribution in [0.25, 0.3) is 0 Å². The van der Waals surface area contributed by atoms with E-state index in [0.29, 0.717) is 49.9 Å².